The lowest BCUT2D eigenvalue weighted by molar-refractivity contribution is 0.0104. The van der Waals surface area contributed by atoms with Gasteiger partial charge in [0.15, 0.2) is 5.82 Å². The molecule has 0 aromatic carbocycles. The molecule has 0 bridgehead atoms. The van der Waals surface area contributed by atoms with Gasteiger partial charge >= 0.3 is 0 Å². The zero-order chi connectivity index (χ0) is 13.0. The molecule has 2 heterocycles. The fourth-order valence-corrected chi connectivity index (χ4v) is 2.07. The molecule has 0 saturated carbocycles. The van der Waals surface area contributed by atoms with Gasteiger partial charge in [0.2, 0.25) is 5.89 Å². The Balaban J connectivity index is 1.86. The van der Waals surface area contributed by atoms with E-state index in [9.17, 15) is 0 Å². The molecule has 102 valence electrons. The first-order chi connectivity index (χ1) is 8.62. The van der Waals surface area contributed by atoms with E-state index in [-0.39, 0.29) is 0 Å². The van der Waals surface area contributed by atoms with Gasteiger partial charge in [-0.15, -0.1) is 0 Å². The zero-order valence-electron chi connectivity index (χ0n) is 11.3. The molecule has 5 heteroatoms. The maximum Gasteiger partial charge on any atom is 0.226 e. The summed E-state index contributed by atoms with van der Waals surface area (Å²) in [5.74, 6) is 1.27. The summed E-state index contributed by atoms with van der Waals surface area (Å²) in [5, 5.41) is 3.97. The number of nitrogens with two attached hydrogens (primary N) is 1. The largest absolute Gasteiger partial charge is 0.378 e. The predicted octanol–water partition coefficient (Wildman–Crippen LogP) is 2.16. The molecule has 0 aliphatic carbocycles. The molecule has 1 aliphatic rings. The van der Waals surface area contributed by atoms with Gasteiger partial charge in [-0.2, -0.15) is 4.98 Å². The molecule has 1 aromatic heterocycles. The minimum atomic E-state index is -0.497. The van der Waals surface area contributed by atoms with Crippen molar-refractivity contribution in [3.8, 4) is 0 Å². The van der Waals surface area contributed by atoms with Crippen LogP contribution in [0.2, 0.25) is 0 Å². The lowest BCUT2D eigenvalue weighted by Gasteiger charge is -2.21. The fraction of sp³-hybridized carbons (Fsp3) is 0.846. The van der Waals surface area contributed by atoms with Gasteiger partial charge < -0.3 is 15.0 Å². The van der Waals surface area contributed by atoms with Crippen molar-refractivity contribution >= 4 is 0 Å². The van der Waals surface area contributed by atoms with Crippen LogP contribution in [0.4, 0.5) is 0 Å². The molecule has 1 fully saturated rings. The molecule has 2 N–H and O–H groups in total. The number of rotatable bonds is 5. The topological polar surface area (TPSA) is 74.2 Å². The lowest BCUT2D eigenvalue weighted by atomic mass is 10.00. The highest BCUT2D eigenvalue weighted by atomic mass is 16.5. The molecule has 2 unspecified atom stereocenters. The van der Waals surface area contributed by atoms with Gasteiger partial charge in [-0.05, 0) is 39.0 Å². The van der Waals surface area contributed by atoms with Crippen LogP contribution >= 0.6 is 0 Å². The van der Waals surface area contributed by atoms with Crippen molar-refractivity contribution in [2.24, 2.45) is 5.73 Å². The SMILES string of the molecule is CCC(C)(N)c1noc(CCC2CCCCO2)n1. The number of hydrogen-bond acceptors (Lipinski definition) is 5. The summed E-state index contributed by atoms with van der Waals surface area (Å²) in [6.07, 6.45) is 6.46. The molecule has 2 rings (SSSR count). The van der Waals surface area contributed by atoms with Gasteiger partial charge in [-0.25, -0.2) is 0 Å². The Labute approximate surface area is 108 Å². The highest BCUT2D eigenvalue weighted by molar-refractivity contribution is 5.01. The minimum absolute atomic E-state index is 0.351. The molecule has 2 atom stereocenters. The third-order valence-corrected chi connectivity index (χ3v) is 3.67. The Kier molecular flexibility index (Phi) is 4.35. The first kappa shape index (κ1) is 13.5. The van der Waals surface area contributed by atoms with Crippen molar-refractivity contribution in [1.82, 2.24) is 10.1 Å². The van der Waals surface area contributed by atoms with Gasteiger partial charge in [-0.3, -0.25) is 0 Å². The van der Waals surface area contributed by atoms with Crippen LogP contribution in [-0.4, -0.2) is 22.9 Å². The summed E-state index contributed by atoms with van der Waals surface area (Å²) >= 11 is 0. The third-order valence-electron chi connectivity index (χ3n) is 3.67. The Bertz CT molecular complexity index is 370. The van der Waals surface area contributed by atoms with Crippen molar-refractivity contribution in [3.05, 3.63) is 11.7 Å². The number of aryl methyl sites for hydroxylation is 1. The molecule has 0 spiro atoms. The predicted molar refractivity (Wildman–Crippen MR) is 68.0 cm³/mol. The highest BCUT2D eigenvalue weighted by Crippen LogP contribution is 2.20. The van der Waals surface area contributed by atoms with Crippen molar-refractivity contribution < 1.29 is 9.26 Å². The molecule has 0 radical (unpaired) electrons. The summed E-state index contributed by atoms with van der Waals surface area (Å²) in [4.78, 5) is 4.38. The number of nitrogens with zero attached hydrogens (tertiary/aromatic N) is 2. The Hall–Kier alpha value is -0.940. The van der Waals surface area contributed by atoms with Crippen LogP contribution < -0.4 is 5.73 Å². The van der Waals surface area contributed by atoms with E-state index < -0.39 is 5.54 Å². The average Bonchev–Trinajstić information content (AvgIpc) is 2.87. The van der Waals surface area contributed by atoms with Crippen molar-refractivity contribution in [2.45, 2.75) is 64.0 Å². The normalized spacial score (nSPS) is 23.8. The van der Waals surface area contributed by atoms with Crippen molar-refractivity contribution in [2.75, 3.05) is 6.61 Å². The monoisotopic (exact) mass is 253 g/mol. The molecule has 1 aromatic rings. The molecule has 18 heavy (non-hydrogen) atoms. The molecular weight excluding hydrogens is 230 g/mol. The summed E-state index contributed by atoms with van der Waals surface area (Å²) < 4.78 is 10.9. The van der Waals surface area contributed by atoms with E-state index in [0.29, 0.717) is 17.8 Å². The fourth-order valence-electron chi connectivity index (χ4n) is 2.07. The van der Waals surface area contributed by atoms with Crippen LogP contribution in [0.1, 0.15) is 57.7 Å². The third kappa shape index (κ3) is 3.29. The Morgan fingerprint density at radius 2 is 2.28 bits per heavy atom. The van der Waals surface area contributed by atoms with E-state index in [1.54, 1.807) is 0 Å². The second kappa shape index (κ2) is 5.80. The maximum absolute atomic E-state index is 6.08. The summed E-state index contributed by atoms with van der Waals surface area (Å²) in [6, 6.07) is 0. The standard InChI is InChI=1S/C13H23N3O2/c1-3-13(2,14)12-15-11(18-16-12)8-7-10-6-4-5-9-17-10/h10H,3-9,14H2,1-2H3. The van der Waals surface area contributed by atoms with E-state index in [1.807, 2.05) is 13.8 Å². The van der Waals surface area contributed by atoms with Gasteiger partial charge in [0.1, 0.15) is 0 Å². The van der Waals surface area contributed by atoms with Gasteiger partial charge in [0, 0.05) is 13.0 Å². The Morgan fingerprint density at radius 1 is 1.44 bits per heavy atom. The number of hydrogen-bond donors (Lipinski definition) is 1. The second-order valence-corrected chi connectivity index (χ2v) is 5.31. The molecule has 1 saturated heterocycles. The van der Waals surface area contributed by atoms with E-state index in [4.69, 9.17) is 15.0 Å². The van der Waals surface area contributed by atoms with Crippen LogP contribution in [0.15, 0.2) is 4.52 Å². The van der Waals surface area contributed by atoms with Crippen molar-refractivity contribution in [1.29, 1.82) is 0 Å². The second-order valence-electron chi connectivity index (χ2n) is 5.31. The summed E-state index contributed by atoms with van der Waals surface area (Å²) in [6.45, 7) is 4.83. The molecule has 0 amide bonds. The van der Waals surface area contributed by atoms with Crippen LogP contribution in [-0.2, 0) is 16.7 Å². The lowest BCUT2D eigenvalue weighted by Crippen LogP contribution is -2.33. The van der Waals surface area contributed by atoms with Gasteiger partial charge in [0.25, 0.3) is 0 Å². The summed E-state index contributed by atoms with van der Waals surface area (Å²) in [5.41, 5.74) is 5.58. The highest BCUT2D eigenvalue weighted by Gasteiger charge is 2.25. The first-order valence-electron chi connectivity index (χ1n) is 6.85. The average molecular weight is 253 g/mol. The van der Waals surface area contributed by atoms with Crippen LogP contribution in [0.25, 0.3) is 0 Å². The van der Waals surface area contributed by atoms with Crippen LogP contribution in [0, 0.1) is 0 Å². The van der Waals surface area contributed by atoms with Crippen LogP contribution in [0.3, 0.4) is 0 Å². The van der Waals surface area contributed by atoms with Crippen LogP contribution in [0.5, 0.6) is 0 Å². The quantitative estimate of drug-likeness (QED) is 0.870. The Morgan fingerprint density at radius 3 is 2.94 bits per heavy atom. The van der Waals surface area contributed by atoms with E-state index in [2.05, 4.69) is 10.1 Å². The van der Waals surface area contributed by atoms with Crippen molar-refractivity contribution in [3.63, 3.8) is 0 Å². The number of aromatic nitrogens is 2. The molecular formula is C13H23N3O2. The van der Waals surface area contributed by atoms with E-state index in [1.165, 1.54) is 12.8 Å². The zero-order valence-corrected chi connectivity index (χ0v) is 11.3. The minimum Gasteiger partial charge on any atom is -0.378 e. The smallest absolute Gasteiger partial charge is 0.226 e. The van der Waals surface area contributed by atoms with E-state index >= 15 is 0 Å². The maximum atomic E-state index is 6.08. The molecule has 5 nitrogen and oxygen atoms in total. The number of ether oxygens (including phenoxy) is 1. The van der Waals surface area contributed by atoms with E-state index in [0.717, 1.165) is 32.3 Å². The summed E-state index contributed by atoms with van der Waals surface area (Å²) in [7, 11) is 0. The van der Waals surface area contributed by atoms with Gasteiger partial charge in [0.05, 0.1) is 11.6 Å². The molecule has 1 aliphatic heterocycles. The van der Waals surface area contributed by atoms with Gasteiger partial charge in [-0.1, -0.05) is 12.1 Å². The first-order valence-corrected chi connectivity index (χ1v) is 6.85.